The molecule has 0 spiro atoms. The van der Waals surface area contributed by atoms with Crippen LogP contribution in [0.3, 0.4) is 0 Å². The molecule has 1 fully saturated rings. The summed E-state index contributed by atoms with van der Waals surface area (Å²) in [4.78, 5) is 25.3. The minimum atomic E-state index is -0.0297. The predicted octanol–water partition coefficient (Wildman–Crippen LogP) is 2.33. The van der Waals surface area contributed by atoms with Gasteiger partial charge in [-0.2, -0.15) is 0 Å². The van der Waals surface area contributed by atoms with Crippen LogP contribution in [0.4, 0.5) is 5.69 Å². The molecule has 0 aromatic heterocycles. The zero-order chi connectivity index (χ0) is 14.7. The number of carbonyl (C=O) groups excluding carboxylic acids is 2. The van der Waals surface area contributed by atoms with Crippen LogP contribution in [-0.2, 0) is 9.59 Å². The van der Waals surface area contributed by atoms with Crippen LogP contribution < -0.4 is 10.2 Å². The summed E-state index contributed by atoms with van der Waals surface area (Å²) in [5.74, 6) is 0.00183. The zero-order valence-electron chi connectivity index (χ0n) is 12.4. The number of nitrogens with one attached hydrogen (secondary N) is 1. The van der Waals surface area contributed by atoms with Crippen molar-refractivity contribution in [1.82, 2.24) is 5.32 Å². The Balaban J connectivity index is 2.04. The maximum Gasteiger partial charge on any atom is 0.223 e. The molecule has 1 aromatic rings. The SMILES string of the molecule is CC(=O)N(CCC(=O)NC1CC1)c1cc(C)ccc1C. The molecule has 20 heavy (non-hydrogen) atoms. The number of benzene rings is 1. The van der Waals surface area contributed by atoms with Crippen molar-refractivity contribution in [3.05, 3.63) is 29.3 Å². The summed E-state index contributed by atoms with van der Waals surface area (Å²) < 4.78 is 0. The van der Waals surface area contributed by atoms with Gasteiger partial charge in [-0.1, -0.05) is 12.1 Å². The smallest absolute Gasteiger partial charge is 0.223 e. The van der Waals surface area contributed by atoms with E-state index in [4.69, 9.17) is 0 Å². The van der Waals surface area contributed by atoms with Crippen LogP contribution in [0.2, 0.25) is 0 Å². The van der Waals surface area contributed by atoms with Gasteiger partial charge >= 0.3 is 0 Å². The van der Waals surface area contributed by atoms with Crippen LogP contribution in [-0.4, -0.2) is 24.4 Å². The van der Waals surface area contributed by atoms with E-state index in [2.05, 4.69) is 5.32 Å². The number of rotatable bonds is 5. The average Bonchev–Trinajstić information content (AvgIpc) is 3.17. The Morgan fingerprint density at radius 3 is 2.60 bits per heavy atom. The van der Waals surface area contributed by atoms with Crippen molar-refractivity contribution in [1.29, 1.82) is 0 Å². The predicted molar refractivity (Wildman–Crippen MR) is 79.7 cm³/mol. The van der Waals surface area contributed by atoms with E-state index in [9.17, 15) is 9.59 Å². The first-order chi connectivity index (χ1) is 9.47. The Labute approximate surface area is 120 Å². The van der Waals surface area contributed by atoms with Gasteiger partial charge in [0, 0.05) is 31.6 Å². The molecule has 1 N–H and O–H groups in total. The molecule has 1 aromatic carbocycles. The largest absolute Gasteiger partial charge is 0.353 e. The number of hydrogen-bond donors (Lipinski definition) is 1. The monoisotopic (exact) mass is 274 g/mol. The summed E-state index contributed by atoms with van der Waals surface area (Å²) in [5.41, 5.74) is 3.06. The summed E-state index contributed by atoms with van der Waals surface area (Å²) in [6.45, 7) is 5.95. The number of carbonyl (C=O) groups is 2. The fourth-order valence-corrected chi connectivity index (χ4v) is 2.20. The molecular formula is C16H22N2O2. The Hall–Kier alpha value is -1.84. The third-order valence-corrected chi connectivity index (χ3v) is 3.54. The lowest BCUT2D eigenvalue weighted by Gasteiger charge is -2.23. The molecule has 0 radical (unpaired) electrons. The van der Waals surface area contributed by atoms with Gasteiger partial charge in [-0.05, 0) is 43.9 Å². The third kappa shape index (κ3) is 3.83. The quantitative estimate of drug-likeness (QED) is 0.896. The number of amides is 2. The highest BCUT2D eigenvalue weighted by Gasteiger charge is 2.23. The first-order valence-electron chi connectivity index (χ1n) is 7.12. The maximum atomic E-state index is 11.8. The number of anilines is 1. The molecule has 0 bridgehead atoms. The van der Waals surface area contributed by atoms with E-state index < -0.39 is 0 Å². The van der Waals surface area contributed by atoms with Gasteiger partial charge in [-0.15, -0.1) is 0 Å². The Morgan fingerprint density at radius 1 is 1.30 bits per heavy atom. The average molecular weight is 274 g/mol. The number of aryl methyl sites for hydroxylation is 2. The first-order valence-corrected chi connectivity index (χ1v) is 7.12. The van der Waals surface area contributed by atoms with Gasteiger partial charge in [0.15, 0.2) is 0 Å². The van der Waals surface area contributed by atoms with E-state index in [0.29, 0.717) is 19.0 Å². The van der Waals surface area contributed by atoms with Crippen LogP contribution in [0.25, 0.3) is 0 Å². The van der Waals surface area contributed by atoms with E-state index >= 15 is 0 Å². The fraction of sp³-hybridized carbons (Fsp3) is 0.500. The van der Waals surface area contributed by atoms with Crippen molar-refractivity contribution in [3.8, 4) is 0 Å². The maximum absolute atomic E-state index is 11.8. The first kappa shape index (κ1) is 14.6. The minimum Gasteiger partial charge on any atom is -0.353 e. The fourth-order valence-electron chi connectivity index (χ4n) is 2.20. The topological polar surface area (TPSA) is 49.4 Å². The minimum absolute atomic E-state index is 0.0297. The van der Waals surface area contributed by atoms with Crippen LogP contribution >= 0.6 is 0 Å². The van der Waals surface area contributed by atoms with Crippen LogP contribution in [0.1, 0.15) is 37.3 Å². The molecular weight excluding hydrogens is 252 g/mol. The summed E-state index contributed by atoms with van der Waals surface area (Å²) in [6.07, 6.45) is 2.52. The van der Waals surface area contributed by atoms with Crippen LogP contribution in [0.5, 0.6) is 0 Å². The molecule has 2 rings (SSSR count). The second-order valence-electron chi connectivity index (χ2n) is 5.55. The Kier molecular flexibility index (Phi) is 4.42. The van der Waals surface area contributed by atoms with Crippen molar-refractivity contribution in [2.45, 2.75) is 46.1 Å². The molecule has 0 unspecified atom stereocenters. The Morgan fingerprint density at radius 2 is 2.00 bits per heavy atom. The van der Waals surface area contributed by atoms with Gasteiger partial charge in [0.1, 0.15) is 0 Å². The van der Waals surface area contributed by atoms with Crippen molar-refractivity contribution < 1.29 is 9.59 Å². The Bertz CT molecular complexity index is 521. The van der Waals surface area contributed by atoms with Crippen LogP contribution in [0, 0.1) is 13.8 Å². The molecule has 4 heteroatoms. The van der Waals surface area contributed by atoms with Gasteiger partial charge in [0.05, 0.1) is 0 Å². The zero-order valence-corrected chi connectivity index (χ0v) is 12.4. The molecule has 4 nitrogen and oxygen atoms in total. The molecule has 1 aliphatic rings. The van der Waals surface area contributed by atoms with Gasteiger partial charge in [0.25, 0.3) is 0 Å². The third-order valence-electron chi connectivity index (χ3n) is 3.54. The van der Waals surface area contributed by atoms with E-state index in [1.165, 1.54) is 0 Å². The lowest BCUT2D eigenvalue weighted by molar-refractivity contribution is -0.121. The molecule has 1 saturated carbocycles. The summed E-state index contributed by atoms with van der Waals surface area (Å²) >= 11 is 0. The van der Waals surface area contributed by atoms with Crippen molar-refractivity contribution in [2.75, 3.05) is 11.4 Å². The second-order valence-corrected chi connectivity index (χ2v) is 5.55. The summed E-state index contributed by atoms with van der Waals surface area (Å²) in [5, 5.41) is 2.95. The van der Waals surface area contributed by atoms with Crippen molar-refractivity contribution >= 4 is 17.5 Å². The molecule has 0 aliphatic heterocycles. The van der Waals surface area contributed by atoms with E-state index in [1.54, 1.807) is 11.8 Å². The van der Waals surface area contributed by atoms with Crippen molar-refractivity contribution in [3.63, 3.8) is 0 Å². The van der Waals surface area contributed by atoms with Gasteiger partial charge in [-0.3, -0.25) is 9.59 Å². The van der Waals surface area contributed by atoms with Gasteiger partial charge < -0.3 is 10.2 Å². The molecule has 1 aliphatic carbocycles. The number of nitrogens with zero attached hydrogens (tertiary/aromatic N) is 1. The van der Waals surface area contributed by atoms with E-state index in [1.807, 2.05) is 32.0 Å². The summed E-state index contributed by atoms with van der Waals surface area (Å²) in [6, 6.07) is 6.39. The molecule has 0 heterocycles. The highest BCUT2D eigenvalue weighted by molar-refractivity contribution is 5.93. The highest BCUT2D eigenvalue weighted by Crippen LogP contribution is 2.22. The van der Waals surface area contributed by atoms with E-state index in [-0.39, 0.29) is 11.8 Å². The standard InChI is InChI=1S/C16H22N2O2/c1-11-4-5-12(2)15(10-11)18(13(3)19)9-8-16(20)17-14-6-7-14/h4-5,10,14H,6-9H2,1-3H3,(H,17,20). The molecule has 108 valence electrons. The highest BCUT2D eigenvalue weighted by atomic mass is 16.2. The van der Waals surface area contributed by atoms with Gasteiger partial charge in [-0.25, -0.2) is 0 Å². The number of hydrogen-bond acceptors (Lipinski definition) is 2. The van der Waals surface area contributed by atoms with Crippen molar-refractivity contribution in [2.24, 2.45) is 0 Å². The molecule has 0 atom stereocenters. The second kappa shape index (κ2) is 6.07. The molecule has 2 amide bonds. The lowest BCUT2D eigenvalue weighted by atomic mass is 10.1. The normalized spacial score (nSPS) is 13.9. The molecule has 0 saturated heterocycles. The van der Waals surface area contributed by atoms with Crippen LogP contribution in [0.15, 0.2) is 18.2 Å². The lowest BCUT2D eigenvalue weighted by Crippen LogP contribution is -2.34. The summed E-state index contributed by atoms with van der Waals surface area (Å²) in [7, 11) is 0. The van der Waals surface area contributed by atoms with Gasteiger partial charge in [0.2, 0.25) is 11.8 Å². The van der Waals surface area contributed by atoms with E-state index in [0.717, 1.165) is 29.7 Å².